The van der Waals surface area contributed by atoms with Gasteiger partial charge in [0.05, 0.1) is 12.8 Å². The zero-order valence-electron chi connectivity index (χ0n) is 10.6. The van der Waals surface area contributed by atoms with Crippen molar-refractivity contribution in [2.75, 3.05) is 7.11 Å². The third-order valence-electron chi connectivity index (χ3n) is 2.61. The van der Waals surface area contributed by atoms with E-state index in [0.29, 0.717) is 11.3 Å². The van der Waals surface area contributed by atoms with Crippen LogP contribution in [0.3, 0.4) is 0 Å². The van der Waals surface area contributed by atoms with Crippen molar-refractivity contribution in [1.29, 1.82) is 0 Å². The molecule has 0 spiro atoms. The number of carbonyl (C=O) groups is 1. The van der Waals surface area contributed by atoms with Crippen LogP contribution in [-0.2, 0) is 9.53 Å². The molecule has 0 saturated heterocycles. The van der Waals surface area contributed by atoms with Crippen molar-refractivity contribution in [1.82, 2.24) is 4.98 Å². The minimum absolute atomic E-state index is 0.217. The first kappa shape index (κ1) is 13.9. The van der Waals surface area contributed by atoms with Crippen molar-refractivity contribution < 1.29 is 18.3 Å². The average Bonchev–Trinajstić information content (AvgIpc) is 2.45. The molecule has 2 aromatic rings. The Morgan fingerprint density at radius 2 is 2.05 bits per heavy atom. The summed E-state index contributed by atoms with van der Waals surface area (Å²) in [6, 6.07) is 6.57. The number of pyridine rings is 1. The largest absolute Gasteiger partial charge is 0.466 e. The van der Waals surface area contributed by atoms with Gasteiger partial charge < -0.3 is 4.74 Å². The third-order valence-corrected chi connectivity index (χ3v) is 2.61. The summed E-state index contributed by atoms with van der Waals surface area (Å²) >= 11 is 0. The van der Waals surface area contributed by atoms with E-state index in [2.05, 4.69) is 9.72 Å². The lowest BCUT2D eigenvalue weighted by atomic mass is 10.1. The highest BCUT2D eigenvalue weighted by molar-refractivity contribution is 5.86. The molecule has 0 aliphatic carbocycles. The number of nitrogens with zero attached hydrogens (tertiary/aromatic N) is 1. The Morgan fingerprint density at radius 3 is 2.65 bits per heavy atom. The van der Waals surface area contributed by atoms with Gasteiger partial charge in [-0.1, -0.05) is 6.07 Å². The second kappa shape index (κ2) is 6.06. The molecule has 1 heterocycles. The van der Waals surface area contributed by atoms with E-state index < -0.39 is 17.6 Å². The van der Waals surface area contributed by atoms with Gasteiger partial charge in [0.15, 0.2) is 0 Å². The summed E-state index contributed by atoms with van der Waals surface area (Å²) in [4.78, 5) is 15.0. The van der Waals surface area contributed by atoms with E-state index in [9.17, 15) is 13.6 Å². The van der Waals surface area contributed by atoms with Crippen LogP contribution in [0.15, 0.2) is 42.6 Å². The van der Waals surface area contributed by atoms with Gasteiger partial charge in [0, 0.05) is 23.9 Å². The van der Waals surface area contributed by atoms with Crippen LogP contribution in [0.4, 0.5) is 8.78 Å². The van der Waals surface area contributed by atoms with Gasteiger partial charge in [0.2, 0.25) is 0 Å². The molecule has 2 rings (SSSR count). The molecule has 1 aromatic carbocycles. The summed E-state index contributed by atoms with van der Waals surface area (Å²) in [5.41, 5.74) is 1.27. The Morgan fingerprint density at radius 1 is 1.25 bits per heavy atom. The summed E-state index contributed by atoms with van der Waals surface area (Å²) in [7, 11) is 1.28. The Hall–Kier alpha value is -2.56. The van der Waals surface area contributed by atoms with Crippen molar-refractivity contribution in [3.05, 3.63) is 59.8 Å². The molecule has 3 nitrogen and oxygen atoms in total. The summed E-state index contributed by atoms with van der Waals surface area (Å²) in [6.45, 7) is 0. The molecule has 0 saturated carbocycles. The topological polar surface area (TPSA) is 39.2 Å². The summed E-state index contributed by atoms with van der Waals surface area (Å²) < 4.78 is 30.9. The summed E-state index contributed by atoms with van der Waals surface area (Å²) in [5, 5.41) is 0. The quantitative estimate of drug-likeness (QED) is 0.637. The molecule has 0 N–H and O–H groups in total. The number of ether oxygens (including phenoxy) is 1. The van der Waals surface area contributed by atoms with Gasteiger partial charge in [0.1, 0.15) is 11.6 Å². The molecule has 0 aliphatic rings. The second-order valence-corrected chi connectivity index (χ2v) is 3.96. The Bertz CT molecular complexity index is 651. The van der Waals surface area contributed by atoms with E-state index in [4.69, 9.17) is 0 Å². The van der Waals surface area contributed by atoms with Crippen molar-refractivity contribution >= 4 is 12.0 Å². The maximum absolute atomic E-state index is 13.6. The van der Waals surface area contributed by atoms with Crippen LogP contribution in [0.1, 0.15) is 5.56 Å². The van der Waals surface area contributed by atoms with Gasteiger partial charge in [-0.3, -0.25) is 4.98 Å². The van der Waals surface area contributed by atoms with Gasteiger partial charge in [-0.15, -0.1) is 0 Å². The molecule has 102 valence electrons. The number of methoxy groups -OCH3 is 1. The van der Waals surface area contributed by atoms with Gasteiger partial charge in [-0.2, -0.15) is 0 Å². The zero-order valence-corrected chi connectivity index (χ0v) is 10.6. The Labute approximate surface area is 114 Å². The van der Waals surface area contributed by atoms with E-state index in [1.165, 1.54) is 37.6 Å². The van der Waals surface area contributed by atoms with Crippen LogP contribution >= 0.6 is 0 Å². The van der Waals surface area contributed by atoms with Crippen molar-refractivity contribution in [2.24, 2.45) is 0 Å². The highest BCUT2D eigenvalue weighted by atomic mass is 19.1. The van der Waals surface area contributed by atoms with E-state index in [1.54, 1.807) is 12.1 Å². The van der Waals surface area contributed by atoms with Gasteiger partial charge in [-0.05, 0) is 29.8 Å². The fourth-order valence-electron chi connectivity index (χ4n) is 1.59. The number of rotatable bonds is 3. The Kier molecular flexibility index (Phi) is 4.20. The van der Waals surface area contributed by atoms with Crippen molar-refractivity contribution in [2.45, 2.75) is 0 Å². The highest BCUT2D eigenvalue weighted by Crippen LogP contribution is 2.21. The second-order valence-electron chi connectivity index (χ2n) is 3.96. The van der Waals surface area contributed by atoms with Gasteiger partial charge in [0.25, 0.3) is 0 Å². The van der Waals surface area contributed by atoms with Gasteiger partial charge >= 0.3 is 5.97 Å². The normalized spacial score (nSPS) is 10.8. The number of carbonyl (C=O) groups excluding carboxylic acids is 1. The lowest BCUT2D eigenvalue weighted by Crippen LogP contribution is -1.93. The predicted molar refractivity (Wildman–Crippen MR) is 70.6 cm³/mol. The van der Waals surface area contributed by atoms with Crippen molar-refractivity contribution in [3.63, 3.8) is 0 Å². The first-order valence-electron chi connectivity index (χ1n) is 5.77. The fourth-order valence-corrected chi connectivity index (χ4v) is 1.59. The number of benzene rings is 1. The molecule has 0 aliphatic heterocycles. The molecule has 0 atom stereocenters. The average molecular weight is 275 g/mol. The third kappa shape index (κ3) is 3.26. The first-order valence-corrected chi connectivity index (χ1v) is 5.77. The highest BCUT2D eigenvalue weighted by Gasteiger charge is 2.07. The standard InChI is InChI=1S/C15H11F2NO2/c1-20-15(19)7-3-10-2-6-14(18-9-10)12-5-4-11(16)8-13(12)17/h2-9H,1H3/b7-3+. The molecule has 0 unspecified atom stereocenters. The lowest BCUT2D eigenvalue weighted by Gasteiger charge is -2.03. The molecule has 0 amide bonds. The van der Waals surface area contributed by atoms with E-state index in [0.717, 1.165) is 6.07 Å². The maximum Gasteiger partial charge on any atom is 0.330 e. The maximum atomic E-state index is 13.6. The molecule has 20 heavy (non-hydrogen) atoms. The molecule has 0 radical (unpaired) electrons. The molecule has 0 bridgehead atoms. The number of halogens is 2. The fraction of sp³-hybridized carbons (Fsp3) is 0.0667. The summed E-state index contributed by atoms with van der Waals surface area (Å²) in [6.07, 6.45) is 4.27. The van der Waals surface area contributed by atoms with Crippen LogP contribution in [0, 0.1) is 11.6 Å². The van der Waals surface area contributed by atoms with E-state index in [1.807, 2.05) is 0 Å². The van der Waals surface area contributed by atoms with Crippen molar-refractivity contribution in [3.8, 4) is 11.3 Å². The smallest absolute Gasteiger partial charge is 0.330 e. The van der Waals surface area contributed by atoms with Crippen LogP contribution in [0.5, 0.6) is 0 Å². The zero-order chi connectivity index (χ0) is 14.5. The monoisotopic (exact) mass is 275 g/mol. The molecule has 5 heteroatoms. The minimum atomic E-state index is -0.671. The summed E-state index contributed by atoms with van der Waals surface area (Å²) in [5.74, 6) is -1.78. The van der Waals surface area contributed by atoms with E-state index >= 15 is 0 Å². The lowest BCUT2D eigenvalue weighted by molar-refractivity contribution is -0.134. The predicted octanol–water partition coefficient (Wildman–Crippen LogP) is 3.21. The number of esters is 1. The number of hydrogen-bond acceptors (Lipinski definition) is 3. The molecular weight excluding hydrogens is 264 g/mol. The molecule has 0 fully saturated rings. The van der Waals surface area contributed by atoms with Gasteiger partial charge in [-0.25, -0.2) is 13.6 Å². The number of aromatic nitrogens is 1. The first-order chi connectivity index (χ1) is 9.60. The van der Waals surface area contributed by atoms with Crippen LogP contribution < -0.4 is 0 Å². The molecule has 1 aromatic heterocycles. The van der Waals surface area contributed by atoms with Crippen LogP contribution in [0.25, 0.3) is 17.3 Å². The number of hydrogen-bond donors (Lipinski definition) is 0. The van der Waals surface area contributed by atoms with Crippen LogP contribution in [-0.4, -0.2) is 18.1 Å². The van der Waals surface area contributed by atoms with E-state index in [-0.39, 0.29) is 5.56 Å². The minimum Gasteiger partial charge on any atom is -0.466 e. The molecular formula is C15H11F2NO2. The SMILES string of the molecule is COC(=O)/C=C/c1ccc(-c2ccc(F)cc2F)nc1. The van der Waals surface area contributed by atoms with Crippen LogP contribution in [0.2, 0.25) is 0 Å². The Balaban J connectivity index is 2.24.